The third kappa shape index (κ3) is 18.7. The summed E-state index contributed by atoms with van der Waals surface area (Å²) in [5, 5.41) is 49.3. The van der Waals surface area contributed by atoms with Crippen molar-refractivity contribution in [3.8, 4) is 5.75 Å². The standard InChI is InChI=1S/C42H64N10O13/c1-2-18-45-33(54)16-20-46-37(60)30(22-25-10-12-26(53)13-11-25)50-40(63)28(7-3-4-17-43)49-42(65)32-9-6-21-52(32)34(55)24-47-38(61)31(23-36(58)59)51-41(64)29(14-15-35(56)57)48-39(62)27-8-5-19-44-27/h10-13,27-32,44,53H,2-9,14-24,43H2,1H3,(H,45,54)(H,46,60)(H,47,61)(H,48,62)(H,49,65)(H,50,63)(H,51,64)(H,56,57)(H,58,59)/t27-,28-,29-,30-,31-,32-/m0/s1. The Morgan fingerprint density at radius 3 is 2.02 bits per heavy atom. The number of nitrogens with zero attached hydrogens (tertiary/aromatic N) is 1. The molecule has 2 heterocycles. The van der Waals surface area contributed by atoms with Gasteiger partial charge in [0.05, 0.1) is 19.0 Å². The van der Waals surface area contributed by atoms with Gasteiger partial charge in [-0.25, -0.2) is 0 Å². The first-order valence-corrected chi connectivity index (χ1v) is 22.0. The molecule has 23 heteroatoms. The molecule has 0 bridgehead atoms. The Labute approximate surface area is 376 Å². The molecule has 2 aliphatic heterocycles. The monoisotopic (exact) mass is 916 g/mol. The summed E-state index contributed by atoms with van der Waals surface area (Å²) in [6, 6.07) is -1.20. The zero-order valence-electron chi connectivity index (χ0n) is 36.7. The first kappa shape index (κ1) is 53.0. The topological polar surface area (TPSA) is 357 Å². The molecule has 0 spiro atoms. The predicted octanol–water partition coefficient (Wildman–Crippen LogP) is -2.77. The fourth-order valence-electron chi connectivity index (χ4n) is 7.25. The van der Waals surface area contributed by atoms with E-state index in [1.165, 1.54) is 17.0 Å². The van der Waals surface area contributed by atoms with E-state index in [0.29, 0.717) is 57.3 Å². The van der Waals surface area contributed by atoms with Gasteiger partial charge in [-0.1, -0.05) is 19.1 Å². The molecule has 2 saturated heterocycles. The summed E-state index contributed by atoms with van der Waals surface area (Å²) in [6.07, 6.45) is 1.71. The van der Waals surface area contributed by atoms with Gasteiger partial charge in [0.1, 0.15) is 36.0 Å². The molecule has 2 fully saturated rings. The Balaban J connectivity index is 1.69. The quantitative estimate of drug-likeness (QED) is 0.0379. The smallest absolute Gasteiger partial charge is 0.305 e. The minimum Gasteiger partial charge on any atom is -0.508 e. The third-order valence-corrected chi connectivity index (χ3v) is 10.8. The van der Waals surface area contributed by atoms with E-state index in [1.54, 1.807) is 12.1 Å². The molecule has 0 unspecified atom stereocenters. The van der Waals surface area contributed by atoms with Crippen molar-refractivity contribution in [2.24, 2.45) is 5.73 Å². The molecule has 2 aliphatic rings. The molecule has 3 rings (SSSR count). The van der Waals surface area contributed by atoms with Crippen LogP contribution >= 0.6 is 0 Å². The van der Waals surface area contributed by atoms with Gasteiger partial charge in [-0.05, 0) is 88.6 Å². The zero-order chi connectivity index (χ0) is 47.9. The van der Waals surface area contributed by atoms with Crippen molar-refractivity contribution in [3.63, 3.8) is 0 Å². The van der Waals surface area contributed by atoms with Crippen LogP contribution in [0.1, 0.15) is 89.5 Å². The van der Waals surface area contributed by atoms with Crippen molar-refractivity contribution in [2.45, 2.75) is 127 Å². The molecule has 8 amide bonds. The number of nitrogens with one attached hydrogen (secondary N) is 8. The molecule has 23 nitrogen and oxygen atoms in total. The van der Waals surface area contributed by atoms with Crippen LogP contribution < -0.4 is 48.3 Å². The molecular formula is C42H64N10O13. The number of aromatic hydroxyl groups is 1. The minimum absolute atomic E-state index is 0.000781. The summed E-state index contributed by atoms with van der Waals surface area (Å²) in [7, 11) is 0. The maximum absolute atomic E-state index is 13.9. The van der Waals surface area contributed by atoms with Crippen LogP contribution in [0.5, 0.6) is 5.75 Å². The van der Waals surface area contributed by atoms with Gasteiger partial charge in [-0.2, -0.15) is 0 Å². The van der Waals surface area contributed by atoms with Gasteiger partial charge in [0.2, 0.25) is 47.3 Å². The molecule has 1 aromatic carbocycles. The van der Waals surface area contributed by atoms with Gasteiger partial charge in [0.25, 0.3) is 0 Å². The first-order valence-electron chi connectivity index (χ1n) is 22.0. The number of hydrogen-bond acceptors (Lipinski definition) is 13. The second-order valence-electron chi connectivity index (χ2n) is 15.9. The van der Waals surface area contributed by atoms with Crippen LogP contribution in [0.2, 0.25) is 0 Å². The Bertz CT molecular complexity index is 1830. The molecule has 13 N–H and O–H groups in total. The van der Waals surface area contributed by atoms with Crippen LogP contribution in [0.25, 0.3) is 0 Å². The lowest BCUT2D eigenvalue weighted by Crippen LogP contribution is -2.58. The van der Waals surface area contributed by atoms with Crippen molar-refractivity contribution in [1.29, 1.82) is 0 Å². The van der Waals surface area contributed by atoms with Crippen molar-refractivity contribution >= 4 is 59.2 Å². The first-order chi connectivity index (χ1) is 31.0. The Kier molecular flexibility index (Phi) is 22.6. The molecule has 360 valence electrons. The van der Waals surface area contributed by atoms with E-state index in [-0.39, 0.29) is 56.9 Å². The van der Waals surface area contributed by atoms with Gasteiger partial charge >= 0.3 is 11.9 Å². The Hall–Kier alpha value is -6.36. The number of likely N-dealkylation sites (tertiary alicyclic amines) is 1. The second kappa shape index (κ2) is 27.7. The van der Waals surface area contributed by atoms with Crippen LogP contribution in [0.15, 0.2) is 24.3 Å². The van der Waals surface area contributed by atoms with Gasteiger partial charge < -0.3 is 68.5 Å². The summed E-state index contributed by atoms with van der Waals surface area (Å²) in [4.78, 5) is 130. The molecule has 6 atom stereocenters. The van der Waals surface area contributed by atoms with E-state index in [0.717, 1.165) is 6.42 Å². The highest BCUT2D eigenvalue weighted by Gasteiger charge is 2.37. The fourth-order valence-corrected chi connectivity index (χ4v) is 7.25. The van der Waals surface area contributed by atoms with E-state index < -0.39 is 109 Å². The minimum atomic E-state index is -1.74. The SMILES string of the molecule is CCCNC(=O)CCNC(=O)[C@H](Cc1ccc(O)cc1)NC(=O)[C@H](CCCCN)NC(=O)[C@@H]1CCCN1C(=O)CNC(=O)[C@H](CC(=O)O)NC(=O)[C@H](CCC(=O)O)NC(=O)[C@@H]1CCCN1. The summed E-state index contributed by atoms with van der Waals surface area (Å²) >= 11 is 0. The Morgan fingerprint density at radius 2 is 1.38 bits per heavy atom. The lowest BCUT2D eigenvalue weighted by atomic mass is 10.0. The lowest BCUT2D eigenvalue weighted by Gasteiger charge is -2.28. The number of carboxylic acids is 2. The van der Waals surface area contributed by atoms with E-state index in [2.05, 4.69) is 42.5 Å². The summed E-state index contributed by atoms with van der Waals surface area (Å²) < 4.78 is 0. The third-order valence-electron chi connectivity index (χ3n) is 10.8. The van der Waals surface area contributed by atoms with E-state index in [4.69, 9.17) is 5.73 Å². The van der Waals surface area contributed by atoms with Gasteiger partial charge in [0.15, 0.2) is 0 Å². The Morgan fingerprint density at radius 1 is 0.723 bits per heavy atom. The summed E-state index contributed by atoms with van der Waals surface area (Å²) in [5.41, 5.74) is 6.29. The summed E-state index contributed by atoms with van der Waals surface area (Å²) in [5.74, 6) is -8.38. The zero-order valence-corrected chi connectivity index (χ0v) is 36.7. The van der Waals surface area contributed by atoms with Crippen molar-refractivity contribution in [2.75, 3.05) is 39.3 Å². The number of phenols is 1. The van der Waals surface area contributed by atoms with Crippen LogP contribution in [0, 0.1) is 0 Å². The molecule has 65 heavy (non-hydrogen) atoms. The van der Waals surface area contributed by atoms with E-state index in [1.807, 2.05) is 6.92 Å². The van der Waals surface area contributed by atoms with Crippen LogP contribution in [-0.4, -0.2) is 155 Å². The van der Waals surface area contributed by atoms with Gasteiger partial charge in [0, 0.05) is 38.9 Å². The summed E-state index contributed by atoms with van der Waals surface area (Å²) in [6.45, 7) is 2.61. The molecule has 0 radical (unpaired) electrons. The number of aliphatic carboxylic acids is 2. The van der Waals surface area contributed by atoms with Crippen LogP contribution in [0.4, 0.5) is 0 Å². The predicted molar refractivity (Wildman–Crippen MR) is 231 cm³/mol. The maximum atomic E-state index is 13.9. The lowest BCUT2D eigenvalue weighted by molar-refractivity contribution is -0.142. The normalized spacial score (nSPS) is 17.4. The highest BCUT2D eigenvalue weighted by atomic mass is 16.4. The van der Waals surface area contributed by atoms with E-state index in [9.17, 15) is 63.3 Å². The molecule has 0 aliphatic carbocycles. The number of carbonyl (C=O) groups excluding carboxylic acids is 8. The maximum Gasteiger partial charge on any atom is 0.305 e. The number of rotatable bonds is 28. The number of carbonyl (C=O) groups is 10. The number of amides is 8. The number of nitrogens with two attached hydrogens (primary N) is 1. The van der Waals surface area contributed by atoms with Gasteiger partial charge in [-0.15, -0.1) is 0 Å². The number of unbranched alkanes of at least 4 members (excludes halogenated alkanes) is 1. The number of hydrogen-bond donors (Lipinski definition) is 12. The van der Waals surface area contributed by atoms with Crippen LogP contribution in [-0.2, 0) is 54.4 Å². The number of carboxylic acid groups (broad SMARTS) is 2. The number of phenolic OH excluding ortho intramolecular Hbond substituents is 1. The fraction of sp³-hybridized carbons (Fsp3) is 0.619. The number of benzene rings is 1. The highest BCUT2D eigenvalue weighted by Crippen LogP contribution is 2.19. The van der Waals surface area contributed by atoms with E-state index >= 15 is 0 Å². The van der Waals surface area contributed by atoms with Crippen molar-refractivity contribution < 1.29 is 63.3 Å². The van der Waals surface area contributed by atoms with Gasteiger partial charge in [-0.3, -0.25) is 47.9 Å². The molecular weight excluding hydrogens is 853 g/mol. The molecule has 0 aromatic heterocycles. The highest BCUT2D eigenvalue weighted by molar-refractivity contribution is 5.97. The average molecular weight is 917 g/mol. The average Bonchev–Trinajstić information content (AvgIpc) is 4.00. The van der Waals surface area contributed by atoms with Crippen molar-refractivity contribution in [3.05, 3.63) is 29.8 Å². The van der Waals surface area contributed by atoms with Crippen molar-refractivity contribution in [1.82, 2.24) is 47.4 Å². The largest absolute Gasteiger partial charge is 0.508 e. The molecule has 1 aromatic rings. The van der Waals surface area contributed by atoms with Crippen LogP contribution in [0.3, 0.4) is 0 Å². The molecule has 0 saturated carbocycles. The second-order valence-corrected chi connectivity index (χ2v) is 15.9.